The molecule has 5 heteroatoms. The van der Waals surface area contributed by atoms with Crippen LogP contribution in [-0.4, -0.2) is 35.1 Å². The maximum absolute atomic E-state index is 13.3. The molecule has 1 heterocycles. The third-order valence-corrected chi connectivity index (χ3v) is 4.96. The number of likely N-dealkylation sites (tertiary alicyclic amines) is 1. The van der Waals surface area contributed by atoms with Crippen molar-refractivity contribution < 1.29 is 14.3 Å². The van der Waals surface area contributed by atoms with Crippen molar-refractivity contribution in [2.24, 2.45) is 11.8 Å². The van der Waals surface area contributed by atoms with Gasteiger partial charge in [0.25, 0.3) is 5.91 Å². The Labute approximate surface area is 119 Å². The van der Waals surface area contributed by atoms with Gasteiger partial charge in [0.15, 0.2) is 0 Å². The summed E-state index contributed by atoms with van der Waals surface area (Å²) in [7, 11) is 0. The van der Waals surface area contributed by atoms with Gasteiger partial charge in [-0.25, -0.2) is 4.39 Å². The summed E-state index contributed by atoms with van der Waals surface area (Å²) in [5.74, 6) is 0.0153. The van der Waals surface area contributed by atoms with Crippen LogP contribution < -0.4 is 0 Å². The van der Waals surface area contributed by atoms with Crippen molar-refractivity contribution in [2.75, 3.05) is 13.1 Å². The first-order chi connectivity index (χ1) is 9.06. The molecule has 0 bridgehead atoms. The highest BCUT2D eigenvalue weighted by molar-refractivity contribution is 9.10. The Morgan fingerprint density at radius 3 is 2.89 bits per heavy atom. The maximum atomic E-state index is 13.3. The predicted molar refractivity (Wildman–Crippen MR) is 72.2 cm³/mol. The Balaban J connectivity index is 1.80. The number of carbonyl (C=O) groups excluding carboxylic acids is 1. The van der Waals surface area contributed by atoms with Gasteiger partial charge in [0.1, 0.15) is 5.82 Å². The topological polar surface area (TPSA) is 40.5 Å². The van der Waals surface area contributed by atoms with Crippen molar-refractivity contribution in [2.45, 2.75) is 18.9 Å². The number of fused-ring (bicyclic) bond motifs is 1. The van der Waals surface area contributed by atoms with Crippen LogP contribution in [0.25, 0.3) is 0 Å². The molecule has 1 aromatic rings. The van der Waals surface area contributed by atoms with Crippen molar-refractivity contribution >= 4 is 21.8 Å². The summed E-state index contributed by atoms with van der Waals surface area (Å²) in [6.45, 7) is 1.25. The van der Waals surface area contributed by atoms with E-state index in [1.807, 2.05) is 0 Å². The van der Waals surface area contributed by atoms with E-state index in [2.05, 4.69) is 15.9 Å². The molecule has 1 aromatic carbocycles. The number of halogens is 2. The van der Waals surface area contributed by atoms with Crippen LogP contribution in [0.1, 0.15) is 23.2 Å². The largest absolute Gasteiger partial charge is 0.393 e. The highest BCUT2D eigenvalue weighted by atomic mass is 79.9. The first-order valence-electron chi connectivity index (χ1n) is 6.48. The minimum atomic E-state index is -0.411. The fraction of sp³-hybridized carbons (Fsp3) is 0.500. The van der Waals surface area contributed by atoms with Crippen molar-refractivity contribution in [3.8, 4) is 0 Å². The summed E-state index contributed by atoms with van der Waals surface area (Å²) in [4.78, 5) is 14.1. The van der Waals surface area contributed by atoms with Gasteiger partial charge in [-0.3, -0.25) is 4.79 Å². The smallest absolute Gasteiger partial charge is 0.255 e. The Morgan fingerprint density at radius 1 is 1.37 bits per heavy atom. The molecule has 1 amide bonds. The van der Waals surface area contributed by atoms with Crippen LogP contribution in [0.3, 0.4) is 0 Å². The van der Waals surface area contributed by atoms with Gasteiger partial charge < -0.3 is 10.0 Å². The standard InChI is InChI=1S/C14H15BrFNO2/c15-12-3-2-9(16)5-10(12)14(19)17-6-8-1-4-13(18)11(8)7-17/h2-3,5,8,11,13,18H,1,4,6-7H2. The van der Waals surface area contributed by atoms with Crippen LogP contribution in [0, 0.1) is 17.7 Å². The second-order valence-electron chi connectivity index (χ2n) is 5.40. The summed E-state index contributed by atoms with van der Waals surface area (Å²) < 4.78 is 13.9. The molecule has 3 atom stereocenters. The lowest BCUT2D eigenvalue weighted by molar-refractivity contribution is 0.0751. The van der Waals surface area contributed by atoms with Crippen LogP contribution in [-0.2, 0) is 0 Å². The van der Waals surface area contributed by atoms with E-state index in [1.54, 1.807) is 11.0 Å². The van der Waals surface area contributed by atoms with E-state index < -0.39 is 5.82 Å². The number of aliphatic hydroxyl groups excluding tert-OH is 1. The molecular weight excluding hydrogens is 313 g/mol. The van der Waals surface area contributed by atoms with Crippen LogP contribution in [0.15, 0.2) is 22.7 Å². The molecule has 1 aliphatic heterocycles. The fourth-order valence-corrected chi connectivity index (χ4v) is 3.65. The lowest BCUT2D eigenvalue weighted by Crippen LogP contribution is -2.31. The molecule has 19 heavy (non-hydrogen) atoms. The highest BCUT2D eigenvalue weighted by Crippen LogP contribution is 2.38. The van der Waals surface area contributed by atoms with Crippen LogP contribution in [0.4, 0.5) is 4.39 Å². The lowest BCUT2D eigenvalue weighted by atomic mass is 10.00. The third-order valence-electron chi connectivity index (χ3n) is 4.27. The Hall–Kier alpha value is -0.940. The number of rotatable bonds is 1. The lowest BCUT2D eigenvalue weighted by Gasteiger charge is -2.19. The normalized spacial score (nSPS) is 29.6. The van der Waals surface area contributed by atoms with Crippen LogP contribution >= 0.6 is 15.9 Å². The Morgan fingerprint density at radius 2 is 2.16 bits per heavy atom. The molecule has 102 valence electrons. The van der Waals surface area contributed by atoms with E-state index in [9.17, 15) is 14.3 Å². The molecule has 3 rings (SSSR count). The second-order valence-corrected chi connectivity index (χ2v) is 6.26. The number of aliphatic hydroxyl groups is 1. The highest BCUT2D eigenvalue weighted by Gasteiger charge is 2.43. The molecule has 3 unspecified atom stereocenters. The number of amides is 1. The summed E-state index contributed by atoms with van der Waals surface area (Å²) in [6.07, 6.45) is 1.51. The van der Waals surface area contributed by atoms with Gasteiger partial charge in [0.2, 0.25) is 0 Å². The Kier molecular flexibility index (Phi) is 3.35. The van der Waals surface area contributed by atoms with Crippen molar-refractivity contribution in [3.63, 3.8) is 0 Å². The molecule has 1 aliphatic carbocycles. The molecule has 2 fully saturated rings. The summed E-state index contributed by atoms with van der Waals surface area (Å²) >= 11 is 3.29. The van der Waals surface area contributed by atoms with Crippen molar-refractivity contribution in [1.29, 1.82) is 0 Å². The van der Waals surface area contributed by atoms with Crippen LogP contribution in [0.2, 0.25) is 0 Å². The molecule has 0 spiro atoms. The van der Waals surface area contributed by atoms with Crippen molar-refractivity contribution in [3.05, 3.63) is 34.1 Å². The summed E-state index contributed by atoms with van der Waals surface area (Å²) in [5.41, 5.74) is 0.356. The number of carbonyl (C=O) groups is 1. The third kappa shape index (κ3) is 2.30. The number of hydrogen-bond acceptors (Lipinski definition) is 2. The zero-order valence-corrected chi connectivity index (χ0v) is 11.9. The minimum absolute atomic E-state index is 0.159. The molecule has 0 aromatic heterocycles. The van der Waals surface area contributed by atoms with Gasteiger partial charge in [0.05, 0.1) is 11.7 Å². The van der Waals surface area contributed by atoms with E-state index in [0.29, 0.717) is 29.0 Å². The zero-order chi connectivity index (χ0) is 13.6. The minimum Gasteiger partial charge on any atom is -0.393 e. The fourth-order valence-electron chi connectivity index (χ4n) is 3.23. The van der Waals surface area contributed by atoms with Gasteiger partial charge >= 0.3 is 0 Å². The van der Waals surface area contributed by atoms with E-state index in [0.717, 1.165) is 12.8 Å². The first-order valence-corrected chi connectivity index (χ1v) is 7.28. The maximum Gasteiger partial charge on any atom is 0.255 e. The summed E-state index contributed by atoms with van der Waals surface area (Å²) in [6, 6.07) is 4.13. The first kappa shape index (κ1) is 13.1. The SMILES string of the molecule is O=C(c1cc(F)ccc1Br)N1CC2CCC(O)C2C1. The zero-order valence-electron chi connectivity index (χ0n) is 10.4. The molecule has 1 N–H and O–H groups in total. The van der Waals surface area contributed by atoms with Gasteiger partial charge in [-0.1, -0.05) is 0 Å². The van der Waals surface area contributed by atoms with Gasteiger partial charge in [-0.05, 0) is 52.9 Å². The van der Waals surface area contributed by atoms with E-state index in [-0.39, 0.29) is 17.9 Å². The number of nitrogens with zero attached hydrogens (tertiary/aromatic N) is 1. The molecule has 0 radical (unpaired) electrons. The quantitative estimate of drug-likeness (QED) is 0.860. The van der Waals surface area contributed by atoms with Gasteiger partial charge in [-0.2, -0.15) is 0 Å². The average molecular weight is 328 g/mol. The monoisotopic (exact) mass is 327 g/mol. The van der Waals surface area contributed by atoms with E-state index in [4.69, 9.17) is 0 Å². The van der Waals surface area contributed by atoms with Crippen molar-refractivity contribution in [1.82, 2.24) is 4.90 Å². The predicted octanol–water partition coefficient (Wildman–Crippen LogP) is 2.43. The van der Waals surface area contributed by atoms with Crippen LogP contribution in [0.5, 0.6) is 0 Å². The molecule has 1 saturated heterocycles. The van der Waals surface area contributed by atoms with E-state index >= 15 is 0 Å². The molecule has 3 nitrogen and oxygen atoms in total. The van der Waals surface area contributed by atoms with E-state index in [1.165, 1.54) is 12.1 Å². The second kappa shape index (κ2) is 4.87. The number of hydrogen-bond donors (Lipinski definition) is 1. The Bertz CT molecular complexity index is 522. The summed E-state index contributed by atoms with van der Waals surface area (Å²) in [5, 5.41) is 9.86. The van der Waals surface area contributed by atoms with Gasteiger partial charge in [-0.15, -0.1) is 0 Å². The molecule has 2 aliphatic rings. The molecule has 1 saturated carbocycles. The average Bonchev–Trinajstić information content (AvgIpc) is 2.94. The molecular formula is C14H15BrFNO2. The number of benzene rings is 1. The van der Waals surface area contributed by atoms with Gasteiger partial charge in [0, 0.05) is 23.5 Å².